The molecule has 3 rings (SSSR count). The molecule has 1 aromatic rings. The van der Waals surface area contributed by atoms with Crippen molar-refractivity contribution in [2.45, 2.75) is 41.7 Å². The van der Waals surface area contributed by atoms with Crippen LogP contribution in [0.3, 0.4) is 0 Å². The summed E-state index contributed by atoms with van der Waals surface area (Å²) in [6, 6.07) is 4.98. The van der Waals surface area contributed by atoms with E-state index in [0.717, 1.165) is 30.6 Å². The van der Waals surface area contributed by atoms with Gasteiger partial charge in [0.05, 0.1) is 10.4 Å². The Kier molecular flexibility index (Phi) is 2.62. The molecule has 0 bridgehead atoms. The topological polar surface area (TPSA) is 29.1 Å². The van der Waals surface area contributed by atoms with E-state index in [9.17, 15) is 9.18 Å². The molecule has 1 aliphatic heterocycles. The van der Waals surface area contributed by atoms with Crippen LogP contribution in [0, 0.1) is 5.82 Å². The number of thioether (sulfide) groups is 1. The van der Waals surface area contributed by atoms with Crippen molar-refractivity contribution < 1.29 is 9.18 Å². The van der Waals surface area contributed by atoms with E-state index in [2.05, 4.69) is 5.32 Å². The van der Waals surface area contributed by atoms with Gasteiger partial charge in [-0.25, -0.2) is 4.39 Å². The SMILES string of the molecule is O=C1Nc2c(F)cccc2SC12CCCCC2. The zero-order chi connectivity index (χ0) is 11.9. The Morgan fingerprint density at radius 2 is 2.00 bits per heavy atom. The fraction of sp³-hybridized carbons (Fsp3) is 0.462. The predicted molar refractivity (Wildman–Crippen MR) is 66.7 cm³/mol. The quantitative estimate of drug-likeness (QED) is 0.763. The predicted octanol–water partition coefficient (Wildman–Crippen LogP) is 3.57. The van der Waals surface area contributed by atoms with Crippen molar-refractivity contribution in [3.8, 4) is 0 Å². The van der Waals surface area contributed by atoms with Crippen molar-refractivity contribution in [3.63, 3.8) is 0 Å². The Labute approximate surface area is 104 Å². The highest BCUT2D eigenvalue weighted by Crippen LogP contribution is 2.50. The van der Waals surface area contributed by atoms with Gasteiger partial charge in [0, 0.05) is 4.90 Å². The number of benzene rings is 1. The second-order valence-electron chi connectivity index (χ2n) is 4.72. The molecule has 2 aliphatic rings. The first-order valence-electron chi connectivity index (χ1n) is 6.00. The summed E-state index contributed by atoms with van der Waals surface area (Å²) in [5, 5.41) is 2.75. The van der Waals surface area contributed by atoms with Crippen LogP contribution in [-0.2, 0) is 4.79 Å². The minimum atomic E-state index is -0.348. The molecule has 0 radical (unpaired) electrons. The molecule has 1 amide bonds. The van der Waals surface area contributed by atoms with Crippen molar-refractivity contribution in [3.05, 3.63) is 24.0 Å². The molecule has 1 heterocycles. The number of halogens is 1. The van der Waals surface area contributed by atoms with E-state index in [1.807, 2.05) is 6.07 Å². The lowest BCUT2D eigenvalue weighted by Gasteiger charge is -2.38. The molecule has 0 unspecified atom stereocenters. The van der Waals surface area contributed by atoms with Crippen molar-refractivity contribution in [2.24, 2.45) is 0 Å². The molecule has 1 fully saturated rings. The van der Waals surface area contributed by atoms with Gasteiger partial charge < -0.3 is 5.32 Å². The second kappa shape index (κ2) is 4.02. The number of amides is 1. The molecular weight excluding hydrogens is 237 g/mol. The average molecular weight is 251 g/mol. The summed E-state index contributed by atoms with van der Waals surface area (Å²) in [7, 11) is 0. The van der Waals surface area contributed by atoms with Crippen LogP contribution in [0.5, 0.6) is 0 Å². The van der Waals surface area contributed by atoms with Crippen molar-refractivity contribution >= 4 is 23.4 Å². The number of hydrogen-bond acceptors (Lipinski definition) is 2. The Hall–Kier alpha value is -1.03. The number of fused-ring (bicyclic) bond motifs is 1. The zero-order valence-corrected chi connectivity index (χ0v) is 10.3. The molecule has 4 heteroatoms. The third kappa shape index (κ3) is 1.75. The molecule has 1 spiro atoms. The van der Waals surface area contributed by atoms with Crippen LogP contribution in [0.4, 0.5) is 10.1 Å². The first-order valence-corrected chi connectivity index (χ1v) is 6.82. The number of hydrogen-bond donors (Lipinski definition) is 1. The molecule has 0 saturated heterocycles. The van der Waals surface area contributed by atoms with Crippen LogP contribution in [0.1, 0.15) is 32.1 Å². The van der Waals surface area contributed by atoms with Crippen molar-refractivity contribution in [2.75, 3.05) is 5.32 Å². The first-order chi connectivity index (χ1) is 8.21. The van der Waals surface area contributed by atoms with Gasteiger partial charge in [-0.05, 0) is 25.0 Å². The van der Waals surface area contributed by atoms with Gasteiger partial charge in [0.25, 0.3) is 0 Å². The van der Waals surface area contributed by atoms with Crippen LogP contribution in [-0.4, -0.2) is 10.7 Å². The van der Waals surface area contributed by atoms with Crippen LogP contribution in [0.25, 0.3) is 0 Å². The number of rotatable bonds is 0. The van der Waals surface area contributed by atoms with Gasteiger partial charge in [-0.2, -0.15) is 0 Å². The monoisotopic (exact) mass is 251 g/mol. The lowest BCUT2D eigenvalue weighted by molar-refractivity contribution is -0.119. The van der Waals surface area contributed by atoms with Crippen molar-refractivity contribution in [1.82, 2.24) is 0 Å². The molecule has 2 nitrogen and oxygen atoms in total. The van der Waals surface area contributed by atoms with E-state index in [0.29, 0.717) is 5.69 Å². The lowest BCUT2D eigenvalue weighted by Crippen LogP contribution is -2.44. The van der Waals surface area contributed by atoms with E-state index >= 15 is 0 Å². The Balaban J connectivity index is 2.00. The fourth-order valence-electron chi connectivity index (χ4n) is 2.65. The third-order valence-corrected chi connectivity index (χ3v) is 5.14. The maximum atomic E-state index is 13.6. The van der Waals surface area contributed by atoms with Crippen molar-refractivity contribution in [1.29, 1.82) is 0 Å². The molecule has 0 atom stereocenters. The summed E-state index contributed by atoms with van der Waals surface area (Å²) in [5.41, 5.74) is 0.360. The van der Waals surface area contributed by atoms with Gasteiger partial charge in [-0.15, -0.1) is 11.8 Å². The van der Waals surface area contributed by atoms with E-state index in [4.69, 9.17) is 0 Å². The van der Waals surface area contributed by atoms with Gasteiger partial charge in [0.2, 0.25) is 5.91 Å². The van der Waals surface area contributed by atoms with Gasteiger partial charge in [-0.3, -0.25) is 4.79 Å². The summed E-state index contributed by atoms with van der Waals surface area (Å²) in [4.78, 5) is 13.1. The highest BCUT2D eigenvalue weighted by molar-refractivity contribution is 8.01. The number of para-hydroxylation sites is 1. The Morgan fingerprint density at radius 1 is 1.24 bits per heavy atom. The molecule has 90 valence electrons. The highest BCUT2D eigenvalue weighted by atomic mass is 32.2. The molecule has 1 aliphatic carbocycles. The van der Waals surface area contributed by atoms with E-state index < -0.39 is 0 Å². The smallest absolute Gasteiger partial charge is 0.241 e. The van der Waals surface area contributed by atoms with Gasteiger partial charge >= 0.3 is 0 Å². The minimum Gasteiger partial charge on any atom is -0.321 e. The Bertz CT molecular complexity index is 468. The molecule has 1 aromatic carbocycles. The third-order valence-electron chi connectivity index (χ3n) is 3.59. The van der Waals surface area contributed by atoms with Crippen LogP contribution < -0.4 is 5.32 Å². The maximum absolute atomic E-state index is 13.6. The zero-order valence-electron chi connectivity index (χ0n) is 9.46. The number of nitrogens with one attached hydrogen (secondary N) is 1. The maximum Gasteiger partial charge on any atom is 0.241 e. The normalized spacial score (nSPS) is 22.1. The number of carbonyl (C=O) groups is 1. The molecular formula is C13H14FNOS. The summed E-state index contributed by atoms with van der Waals surface area (Å²) < 4.78 is 13.2. The summed E-state index contributed by atoms with van der Waals surface area (Å²) >= 11 is 1.55. The highest BCUT2D eigenvalue weighted by Gasteiger charge is 2.44. The minimum absolute atomic E-state index is 0.0141. The number of carbonyl (C=O) groups excluding carboxylic acids is 1. The second-order valence-corrected chi connectivity index (χ2v) is 6.15. The lowest BCUT2D eigenvalue weighted by atomic mass is 9.87. The van der Waals surface area contributed by atoms with Gasteiger partial charge in [-0.1, -0.05) is 25.3 Å². The molecule has 17 heavy (non-hydrogen) atoms. The average Bonchev–Trinajstić information content (AvgIpc) is 2.33. The molecule has 1 saturated carbocycles. The van der Waals surface area contributed by atoms with Crippen LogP contribution in [0.15, 0.2) is 23.1 Å². The first kappa shape index (κ1) is 11.1. The number of anilines is 1. The Morgan fingerprint density at radius 3 is 2.76 bits per heavy atom. The largest absolute Gasteiger partial charge is 0.321 e. The van der Waals surface area contributed by atoms with E-state index in [1.54, 1.807) is 17.8 Å². The summed E-state index contributed by atoms with van der Waals surface area (Å²) in [6.07, 6.45) is 5.18. The molecule has 1 N–H and O–H groups in total. The summed E-state index contributed by atoms with van der Waals surface area (Å²) in [6.45, 7) is 0. The van der Waals surface area contributed by atoms with E-state index in [1.165, 1.54) is 12.5 Å². The van der Waals surface area contributed by atoms with Crippen LogP contribution >= 0.6 is 11.8 Å². The summed E-state index contributed by atoms with van der Waals surface area (Å²) in [5.74, 6) is -0.353. The van der Waals surface area contributed by atoms with Gasteiger partial charge in [0.15, 0.2) is 0 Å². The standard InChI is InChI=1S/C13H14FNOS/c14-9-5-4-6-10-11(9)15-12(16)13(17-10)7-2-1-3-8-13/h4-6H,1-3,7-8H2,(H,15,16). The molecule has 0 aromatic heterocycles. The van der Waals surface area contributed by atoms with Crippen LogP contribution in [0.2, 0.25) is 0 Å². The fourth-order valence-corrected chi connectivity index (χ4v) is 4.10. The van der Waals surface area contributed by atoms with E-state index in [-0.39, 0.29) is 16.5 Å². The van der Waals surface area contributed by atoms with Gasteiger partial charge in [0.1, 0.15) is 5.82 Å².